The molecule has 0 aliphatic rings. The summed E-state index contributed by atoms with van der Waals surface area (Å²) in [7, 11) is 0. The Hall–Kier alpha value is -1.36. The molecule has 0 bridgehead atoms. The first-order valence-corrected chi connectivity index (χ1v) is 5.90. The molecular formula is C12H20N2O3. The van der Waals surface area contributed by atoms with Gasteiger partial charge in [-0.3, -0.25) is 4.79 Å². The number of carbonyl (C=O) groups is 1. The van der Waals surface area contributed by atoms with Gasteiger partial charge in [0.15, 0.2) is 0 Å². The Morgan fingerprint density at radius 2 is 2.24 bits per heavy atom. The maximum Gasteiger partial charge on any atom is 0.289 e. The lowest BCUT2D eigenvalue weighted by molar-refractivity contribution is 0.0908. The number of nitrogens with one attached hydrogen (secondary N) is 1. The standard InChI is InChI=1S/C12H20N2O3/c1-8(2)10-6-11(17-14-10)12(16)13-7-9(3)4-5-15/h6,8-9,15H,4-5,7H2,1-3H3,(H,13,16). The zero-order chi connectivity index (χ0) is 12.8. The maximum atomic E-state index is 11.7. The van der Waals surface area contributed by atoms with E-state index < -0.39 is 0 Å². The Bertz CT molecular complexity index is 360. The number of carbonyl (C=O) groups excluding carboxylic acids is 1. The maximum absolute atomic E-state index is 11.7. The molecule has 0 saturated heterocycles. The van der Waals surface area contributed by atoms with Crippen LogP contribution in [0.3, 0.4) is 0 Å². The highest BCUT2D eigenvalue weighted by molar-refractivity contribution is 5.91. The third kappa shape index (κ3) is 4.19. The summed E-state index contributed by atoms with van der Waals surface area (Å²) in [6, 6.07) is 1.66. The highest BCUT2D eigenvalue weighted by atomic mass is 16.5. The molecule has 0 aliphatic heterocycles. The summed E-state index contributed by atoms with van der Waals surface area (Å²) in [5, 5.41) is 15.3. The Morgan fingerprint density at radius 3 is 2.76 bits per heavy atom. The molecule has 1 unspecified atom stereocenters. The topological polar surface area (TPSA) is 75.4 Å². The quantitative estimate of drug-likeness (QED) is 0.791. The SMILES string of the molecule is CC(CCO)CNC(=O)c1cc(C(C)C)no1. The van der Waals surface area contributed by atoms with Crippen molar-refractivity contribution in [3.63, 3.8) is 0 Å². The Morgan fingerprint density at radius 1 is 1.53 bits per heavy atom. The van der Waals surface area contributed by atoms with E-state index in [2.05, 4.69) is 10.5 Å². The monoisotopic (exact) mass is 240 g/mol. The zero-order valence-electron chi connectivity index (χ0n) is 10.6. The Balaban J connectivity index is 2.46. The molecule has 0 aliphatic carbocycles. The van der Waals surface area contributed by atoms with Crippen LogP contribution in [0.5, 0.6) is 0 Å². The predicted octanol–water partition coefficient (Wildman–Crippen LogP) is 1.55. The first kappa shape index (κ1) is 13.7. The molecule has 17 heavy (non-hydrogen) atoms. The van der Waals surface area contributed by atoms with Gasteiger partial charge in [-0.25, -0.2) is 0 Å². The van der Waals surface area contributed by atoms with Gasteiger partial charge in [-0.1, -0.05) is 25.9 Å². The molecular weight excluding hydrogens is 220 g/mol. The van der Waals surface area contributed by atoms with Crippen LogP contribution in [0, 0.1) is 5.92 Å². The van der Waals surface area contributed by atoms with Crippen LogP contribution in [0.25, 0.3) is 0 Å². The minimum absolute atomic E-state index is 0.136. The van der Waals surface area contributed by atoms with Gasteiger partial charge in [0.1, 0.15) is 0 Å². The molecule has 1 amide bonds. The zero-order valence-corrected chi connectivity index (χ0v) is 10.6. The molecule has 1 atom stereocenters. The van der Waals surface area contributed by atoms with Crippen molar-refractivity contribution in [2.75, 3.05) is 13.2 Å². The Labute approximate surface area is 101 Å². The molecule has 5 heteroatoms. The van der Waals surface area contributed by atoms with E-state index >= 15 is 0 Å². The molecule has 0 radical (unpaired) electrons. The van der Waals surface area contributed by atoms with Crippen LogP contribution in [0.4, 0.5) is 0 Å². The number of hydrogen-bond acceptors (Lipinski definition) is 4. The van der Waals surface area contributed by atoms with Crippen LogP contribution in [0.2, 0.25) is 0 Å². The summed E-state index contributed by atoms with van der Waals surface area (Å²) >= 11 is 0. The van der Waals surface area contributed by atoms with Crippen molar-refractivity contribution < 1.29 is 14.4 Å². The van der Waals surface area contributed by atoms with E-state index in [4.69, 9.17) is 9.63 Å². The molecule has 1 rings (SSSR count). The van der Waals surface area contributed by atoms with Crippen LogP contribution in [-0.4, -0.2) is 29.3 Å². The van der Waals surface area contributed by atoms with Crippen molar-refractivity contribution in [1.82, 2.24) is 10.5 Å². The summed E-state index contributed by atoms with van der Waals surface area (Å²) in [4.78, 5) is 11.7. The minimum Gasteiger partial charge on any atom is -0.396 e. The molecule has 1 aromatic rings. The van der Waals surface area contributed by atoms with Gasteiger partial charge >= 0.3 is 0 Å². The summed E-state index contributed by atoms with van der Waals surface area (Å²) in [5.74, 6) is 0.476. The molecule has 0 saturated carbocycles. The van der Waals surface area contributed by atoms with Crippen molar-refractivity contribution in [1.29, 1.82) is 0 Å². The smallest absolute Gasteiger partial charge is 0.289 e. The molecule has 0 spiro atoms. The highest BCUT2D eigenvalue weighted by Gasteiger charge is 2.14. The number of nitrogens with zero attached hydrogens (tertiary/aromatic N) is 1. The van der Waals surface area contributed by atoms with Gasteiger partial charge in [0.2, 0.25) is 5.76 Å². The molecule has 5 nitrogen and oxygen atoms in total. The van der Waals surface area contributed by atoms with Crippen LogP contribution in [0.15, 0.2) is 10.6 Å². The summed E-state index contributed by atoms with van der Waals surface area (Å²) in [6.45, 7) is 6.61. The van der Waals surface area contributed by atoms with Crippen LogP contribution in [0.1, 0.15) is 49.4 Å². The third-order valence-electron chi connectivity index (χ3n) is 2.58. The first-order valence-electron chi connectivity index (χ1n) is 5.90. The van der Waals surface area contributed by atoms with Gasteiger partial charge < -0.3 is 14.9 Å². The first-order chi connectivity index (χ1) is 8.04. The van der Waals surface area contributed by atoms with Gasteiger partial charge in [0, 0.05) is 19.2 Å². The molecule has 1 heterocycles. The van der Waals surface area contributed by atoms with Crippen molar-refractivity contribution >= 4 is 5.91 Å². The second-order valence-electron chi connectivity index (χ2n) is 4.60. The normalized spacial score (nSPS) is 12.8. The third-order valence-corrected chi connectivity index (χ3v) is 2.58. The number of aliphatic hydroxyl groups is 1. The van der Waals surface area contributed by atoms with Crippen molar-refractivity contribution in [3.05, 3.63) is 17.5 Å². The van der Waals surface area contributed by atoms with Gasteiger partial charge in [0.05, 0.1) is 5.69 Å². The van der Waals surface area contributed by atoms with Crippen LogP contribution < -0.4 is 5.32 Å². The van der Waals surface area contributed by atoms with Gasteiger partial charge in [-0.15, -0.1) is 0 Å². The molecule has 2 N–H and O–H groups in total. The number of rotatable bonds is 6. The van der Waals surface area contributed by atoms with Crippen molar-refractivity contribution in [2.45, 2.75) is 33.1 Å². The fraction of sp³-hybridized carbons (Fsp3) is 0.667. The van der Waals surface area contributed by atoms with E-state index in [9.17, 15) is 4.79 Å². The summed E-state index contributed by atoms with van der Waals surface area (Å²) in [6.07, 6.45) is 0.675. The second kappa shape index (κ2) is 6.39. The predicted molar refractivity (Wildman–Crippen MR) is 63.8 cm³/mol. The van der Waals surface area contributed by atoms with Crippen molar-refractivity contribution in [3.8, 4) is 0 Å². The summed E-state index contributed by atoms with van der Waals surface area (Å²) in [5.41, 5.74) is 0.776. The van der Waals surface area contributed by atoms with E-state index in [1.807, 2.05) is 20.8 Å². The lowest BCUT2D eigenvalue weighted by Crippen LogP contribution is -2.28. The van der Waals surface area contributed by atoms with Crippen LogP contribution in [-0.2, 0) is 0 Å². The average molecular weight is 240 g/mol. The van der Waals surface area contributed by atoms with Crippen LogP contribution >= 0.6 is 0 Å². The molecule has 96 valence electrons. The lowest BCUT2D eigenvalue weighted by atomic mass is 10.1. The second-order valence-corrected chi connectivity index (χ2v) is 4.60. The minimum atomic E-state index is -0.255. The van der Waals surface area contributed by atoms with Gasteiger partial charge in [0.25, 0.3) is 5.91 Å². The average Bonchev–Trinajstić information content (AvgIpc) is 2.75. The largest absolute Gasteiger partial charge is 0.396 e. The van der Waals surface area contributed by atoms with E-state index in [0.29, 0.717) is 13.0 Å². The molecule has 1 aromatic heterocycles. The van der Waals surface area contributed by atoms with Crippen molar-refractivity contribution in [2.24, 2.45) is 5.92 Å². The molecule has 0 fully saturated rings. The number of amides is 1. The van der Waals surface area contributed by atoms with E-state index in [1.165, 1.54) is 0 Å². The fourth-order valence-corrected chi connectivity index (χ4v) is 1.34. The Kier molecular flexibility index (Phi) is 5.15. The lowest BCUT2D eigenvalue weighted by Gasteiger charge is -2.09. The fourth-order valence-electron chi connectivity index (χ4n) is 1.34. The van der Waals surface area contributed by atoms with Gasteiger partial charge in [-0.05, 0) is 18.3 Å². The van der Waals surface area contributed by atoms with E-state index in [1.54, 1.807) is 6.07 Å². The number of hydrogen-bond donors (Lipinski definition) is 2. The highest BCUT2D eigenvalue weighted by Crippen LogP contribution is 2.13. The number of aromatic nitrogens is 1. The van der Waals surface area contributed by atoms with Gasteiger partial charge in [-0.2, -0.15) is 0 Å². The van der Waals surface area contributed by atoms with E-state index in [0.717, 1.165) is 5.69 Å². The molecule has 0 aromatic carbocycles. The number of aliphatic hydroxyl groups excluding tert-OH is 1. The summed E-state index contributed by atoms with van der Waals surface area (Å²) < 4.78 is 4.97. The van der Waals surface area contributed by atoms with E-state index in [-0.39, 0.29) is 30.1 Å².